The first-order chi connectivity index (χ1) is 7.63. The zero-order valence-corrected chi connectivity index (χ0v) is 11.6. The molecule has 96 valence electrons. The fraction of sp³-hybridized carbons (Fsp3) is 1.00. The second-order valence-electron chi connectivity index (χ2n) is 5.81. The van der Waals surface area contributed by atoms with Crippen LogP contribution in [-0.2, 0) is 0 Å². The Morgan fingerprint density at radius 2 is 1.69 bits per heavy atom. The van der Waals surface area contributed by atoms with Gasteiger partial charge in [0.2, 0.25) is 0 Å². The van der Waals surface area contributed by atoms with Gasteiger partial charge in [0.25, 0.3) is 0 Å². The summed E-state index contributed by atoms with van der Waals surface area (Å²) in [5, 5.41) is 3.46. The SMILES string of the molecule is CNC1CCCCC(N(C)C)CC(C)CC1. The summed E-state index contributed by atoms with van der Waals surface area (Å²) in [5.74, 6) is 0.876. The van der Waals surface area contributed by atoms with E-state index in [-0.39, 0.29) is 0 Å². The van der Waals surface area contributed by atoms with E-state index in [0.29, 0.717) is 0 Å². The minimum absolute atomic E-state index is 0.762. The molecule has 2 nitrogen and oxygen atoms in total. The molecule has 0 aromatic carbocycles. The van der Waals surface area contributed by atoms with Crippen LogP contribution in [0.1, 0.15) is 51.9 Å². The van der Waals surface area contributed by atoms with E-state index in [9.17, 15) is 0 Å². The van der Waals surface area contributed by atoms with E-state index < -0.39 is 0 Å². The zero-order chi connectivity index (χ0) is 12.0. The first-order valence-electron chi connectivity index (χ1n) is 6.97. The number of hydrogen-bond acceptors (Lipinski definition) is 2. The van der Waals surface area contributed by atoms with Crippen molar-refractivity contribution in [3.05, 3.63) is 0 Å². The summed E-state index contributed by atoms with van der Waals surface area (Å²) in [6.07, 6.45) is 9.66. The Labute approximate surface area is 102 Å². The van der Waals surface area contributed by atoms with Crippen LogP contribution < -0.4 is 5.32 Å². The lowest BCUT2D eigenvalue weighted by Gasteiger charge is -2.29. The maximum atomic E-state index is 3.46. The Kier molecular flexibility index (Phi) is 6.37. The summed E-state index contributed by atoms with van der Waals surface area (Å²) >= 11 is 0. The van der Waals surface area contributed by atoms with Gasteiger partial charge >= 0.3 is 0 Å². The molecule has 0 aliphatic heterocycles. The van der Waals surface area contributed by atoms with E-state index in [2.05, 4.69) is 38.3 Å². The van der Waals surface area contributed by atoms with Gasteiger partial charge in [0.15, 0.2) is 0 Å². The molecule has 0 saturated heterocycles. The van der Waals surface area contributed by atoms with Crippen LogP contribution >= 0.6 is 0 Å². The molecule has 3 atom stereocenters. The van der Waals surface area contributed by atoms with Crippen molar-refractivity contribution < 1.29 is 0 Å². The molecule has 2 heteroatoms. The molecule has 0 amide bonds. The molecule has 1 saturated carbocycles. The molecule has 1 aliphatic rings. The molecule has 0 aromatic rings. The second-order valence-corrected chi connectivity index (χ2v) is 5.81. The molecule has 0 spiro atoms. The predicted molar refractivity (Wildman–Crippen MR) is 71.8 cm³/mol. The van der Waals surface area contributed by atoms with Crippen LogP contribution in [0.2, 0.25) is 0 Å². The molecule has 0 heterocycles. The van der Waals surface area contributed by atoms with E-state index in [4.69, 9.17) is 0 Å². The minimum Gasteiger partial charge on any atom is -0.317 e. The Hall–Kier alpha value is -0.0800. The quantitative estimate of drug-likeness (QED) is 0.779. The van der Waals surface area contributed by atoms with Gasteiger partial charge in [-0.3, -0.25) is 0 Å². The number of nitrogens with one attached hydrogen (secondary N) is 1. The number of rotatable bonds is 2. The van der Waals surface area contributed by atoms with Crippen LogP contribution in [-0.4, -0.2) is 38.1 Å². The molecular formula is C14H30N2. The minimum atomic E-state index is 0.762. The van der Waals surface area contributed by atoms with Gasteiger partial charge in [-0.05, 0) is 59.2 Å². The van der Waals surface area contributed by atoms with E-state index in [1.807, 2.05) is 0 Å². The lowest BCUT2D eigenvalue weighted by atomic mass is 9.88. The van der Waals surface area contributed by atoms with Crippen molar-refractivity contribution >= 4 is 0 Å². The Morgan fingerprint density at radius 3 is 2.31 bits per heavy atom. The predicted octanol–water partition coefficient (Wildman–Crippen LogP) is 2.89. The molecule has 1 aliphatic carbocycles. The lowest BCUT2D eigenvalue weighted by Crippen LogP contribution is -2.32. The third kappa shape index (κ3) is 4.84. The second kappa shape index (κ2) is 7.29. The highest BCUT2D eigenvalue weighted by Crippen LogP contribution is 2.23. The first-order valence-corrected chi connectivity index (χ1v) is 6.97. The Balaban J connectivity index is 2.45. The summed E-state index contributed by atoms with van der Waals surface area (Å²) in [4.78, 5) is 2.42. The van der Waals surface area contributed by atoms with E-state index in [1.54, 1.807) is 0 Å². The van der Waals surface area contributed by atoms with Gasteiger partial charge in [-0.25, -0.2) is 0 Å². The van der Waals surface area contributed by atoms with Crippen molar-refractivity contribution in [2.24, 2.45) is 5.92 Å². The third-order valence-corrected chi connectivity index (χ3v) is 4.16. The highest BCUT2D eigenvalue weighted by Gasteiger charge is 2.18. The van der Waals surface area contributed by atoms with Gasteiger partial charge in [0.1, 0.15) is 0 Å². The van der Waals surface area contributed by atoms with Crippen molar-refractivity contribution in [3.8, 4) is 0 Å². The van der Waals surface area contributed by atoms with E-state index in [1.165, 1.54) is 44.9 Å². The first kappa shape index (κ1) is 14.0. The van der Waals surface area contributed by atoms with Crippen LogP contribution in [0.5, 0.6) is 0 Å². The van der Waals surface area contributed by atoms with E-state index in [0.717, 1.165) is 18.0 Å². The van der Waals surface area contributed by atoms with Crippen molar-refractivity contribution in [1.82, 2.24) is 10.2 Å². The fourth-order valence-electron chi connectivity index (χ4n) is 2.86. The van der Waals surface area contributed by atoms with Gasteiger partial charge < -0.3 is 10.2 Å². The maximum Gasteiger partial charge on any atom is 0.00917 e. The van der Waals surface area contributed by atoms with Crippen LogP contribution in [0, 0.1) is 5.92 Å². The summed E-state index contributed by atoms with van der Waals surface area (Å²) in [7, 11) is 6.59. The molecule has 0 aromatic heterocycles. The van der Waals surface area contributed by atoms with Gasteiger partial charge in [-0.1, -0.05) is 19.8 Å². The van der Waals surface area contributed by atoms with Crippen molar-refractivity contribution in [2.75, 3.05) is 21.1 Å². The number of nitrogens with zero attached hydrogens (tertiary/aromatic N) is 1. The summed E-state index contributed by atoms with van der Waals surface area (Å²) in [6.45, 7) is 2.42. The smallest absolute Gasteiger partial charge is 0.00917 e. The third-order valence-electron chi connectivity index (χ3n) is 4.16. The van der Waals surface area contributed by atoms with Crippen LogP contribution in [0.15, 0.2) is 0 Å². The molecule has 0 radical (unpaired) electrons. The Morgan fingerprint density at radius 1 is 1.00 bits per heavy atom. The van der Waals surface area contributed by atoms with Crippen molar-refractivity contribution in [3.63, 3.8) is 0 Å². The van der Waals surface area contributed by atoms with E-state index >= 15 is 0 Å². The Bertz CT molecular complexity index is 180. The van der Waals surface area contributed by atoms with Crippen molar-refractivity contribution in [1.29, 1.82) is 0 Å². The highest BCUT2D eigenvalue weighted by atomic mass is 15.1. The normalized spacial score (nSPS) is 33.9. The summed E-state index contributed by atoms with van der Waals surface area (Å²) < 4.78 is 0. The summed E-state index contributed by atoms with van der Waals surface area (Å²) in [5.41, 5.74) is 0. The van der Waals surface area contributed by atoms with Crippen LogP contribution in [0.3, 0.4) is 0 Å². The van der Waals surface area contributed by atoms with Crippen molar-refractivity contribution in [2.45, 2.75) is 64.0 Å². The molecule has 1 N–H and O–H groups in total. The topological polar surface area (TPSA) is 15.3 Å². The van der Waals surface area contributed by atoms with Gasteiger partial charge in [-0.2, -0.15) is 0 Å². The molecular weight excluding hydrogens is 196 g/mol. The average Bonchev–Trinajstić information content (AvgIpc) is 2.26. The van der Waals surface area contributed by atoms with Crippen LogP contribution in [0.4, 0.5) is 0 Å². The van der Waals surface area contributed by atoms with Gasteiger partial charge in [0.05, 0.1) is 0 Å². The fourth-order valence-corrected chi connectivity index (χ4v) is 2.86. The average molecular weight is 226 g/mol. The maximum absolute atomic E-state index is 3.46. The molecule has 0 bridgehead atoms. The molecule has 3 unspecified atom stereocenters. The van der Waals surface area contributed by atoms with Gasteiger partial charge in [-0.15, -0.1) is 0 Å². The lowest BCUT2D eigenvalue weighted by molar-refractivity contribution is 0.216. The monoisotopic (exact) mass is 226 g/mol. The number of hydrogen-bond donors (Lipinski definition) is 1. The zero-order valence-electron chi connectivity index (χ0n) is 11.6. The highest BCUT2D eigenvalue weighted by molar-refractivity contribution is 4.75. The molecule has 16 heavy (non-hydrogen) atoms. The van der Waals surface area contributed by atoms with Crippen LogP contribution in [0.25, 0.3) is 0 Å². The summed E-state index contributed by atoms with van der Waals surface area (Å²) in [6, 6.07) is 1.57. The molecule has 1 rings (SSSR count). The largest absolute Gasteiger partial charge is 0.317 e. The molecule has 1 fully saturated rings. The van der Waals surface area contributed by atoms with Gasteiger partial charge in [0, 0.05) is 12.1 Å². The standard InChI is InChI=1S/C14H30N2/c1-12-9-10-13(15-2)7-5-6-8-14(11-12)16(3)4/h12-15H,5-11H2,1-4H3.